The number of aromatic nitrogens is 2. The molecule has 2 N–H and O–H groups in total. The number of hydrogen-bond donors (Lipinski definition) is 1. The zero-order valence-corrected chi connectivity index (χ0v) is 18.2. The Kier molecular flexibility index (Phi) is 5.79. The zero-order chi connectivity index (χ0) is 21.4. The van der Waals surface area contributed by atoms with E-state index in [-0.39, 0.29) is 18.0 Å². The first-order valence-corrected chi connectivity index (χ1v) is 10.5. The van der Waals surface area contributed by atoms with Gasteiger partial charge in [-0.15, -0.1) is 0 Å². The third kappa shape index (κ3) is 4.20. The molecule has 0 saturated carbocycles. The van der Waals surface area contributed by atoms with E-state index in [4.69, 9.17) is 10.5 Å². The molecule has 3 heterocycles. The van der Waals surface area contributed by atoms with Gasteiger partial charge in [0.05, 0.1) is 23.6 Å². The Labute approximate surface area is 177 Å². The van der Waals surface area contributed by atoms with E-state index in [0.717, 1.165) is 38.3 Å². The predicted molar refractivity (Wildman–Crippen MR) is 118 cm³/mol. The summed E-state index contributed by atoms with van der Waals surface area (Å²) in [6, 6.07) is 3.70. The fourth-order valence-electron chi connectivity index (χ4n) is 4.42. The second-order valence-electron chi connectivity index (χ2n) is 8.68. The first kappa shape index (κ1) is 20.8. The first-order chi connectivity index (χ1) is 14.3. The van der Waals surface area contributed by atoms with E-state index in [2.05, 4.69) is 38.8 Å². The Morgan fingerprint density at radius 2 is 1.73 bits per heavy atom. The lowest BCUT2D eigenvalue weighted by molar-refractivity contribution is -0.00571. The molecule has 0 spiro atoms. The van der Waals surface area contributed by atoms with Gasteiger partial charge in [-0.2, -0.15) is 0 Å². The lowest BCUT2D eigenvalue weighted by atomic mass is 10.1. The van der Waals surface area contributed by atoms with Gasteiger partial charge in [-0.05, 0) is 46.5 Å². The molecule has 4 rings (SSSR count). The summed E-state index contributed by atoms with van der Waals surface area (Å²) in [5, 5.41) is 0. The summed E-state index contributed by atoms with van der Waals surface area (Å²) in [6.45, 7) is 7.28. The van der Waals surface area contributed by atoms with E-state index in [1.54, 1.807) is 24.5 Å². The van der Waals surface area contributed by atoms with Crippen LogP contribution in [0.2, 0.25) is 0 Å². The molecule has 0 bridgehead atoms. The maximum absolute atomic E-state index is 15.0. The number of rotatable bonds is 4. The second kappa shape index (κ2) is 8.35. The van der Waals surface area contributed by atoms with Crippen molar-refractivity contribution < 1.29 is 9.13 Å². The zero-order valence-electron chi connectivity index (χ0n) is 18.2. The van der Waals surface area contributed by atoms with Crippen LogP contribution in [0.25, 0.3) is 11.1 Å². The number of nitrogens with zero attached hydrogens (tertiary/aromatic N) is 5. The fraction of sp³-hybridized carbons (Fsp3) is 0.545. The highest BCUT2D eigenvalue weighted by atomic mass is 19.1. The number of ether oxygens (including phenoxy) is 1. The van der Waals surface area contributed by atoms with Crippen LogP contribution in [0.3, 0.4) is 0 Å². The van der Waals surface area contributed by atoms with Crippen LogP contribution in [-0.2, 0) is 4.74 Å². The van der Waals surface area contributed by atoms with Crippen LogP contribution < -0.4 is 15.5 Å². The molecule has 7 nitrogen and oxygen atoms in total. The van der Waals surface area contributed by atoms with E-state index in [1.807, 2.05) is 13.8 Å². The van der Waals surface area contributed by atoms with Crippen LogP contribution in [0.5, 0.6) is 0 Å². The summed E-state index contributed by atoms with van der Waals surface area (Å²) in [5.41, 5.74) is 8.70. The number of hydrogen-bond acceptors (Lipinski definition) is 7. The molecule has 162 valence electrons. The SMILES string of the molecule is CC1CN(c2ncc(-c3cc(N)c(N4CCC(N(C)C)C4)cc3F)cn2)CC(C)O1. The van der Waals surface area contributed by atoms with Crippen molar-refractivity contribution in [3.8, 4) is 11.1 Å². The number of benzene rings is 1. The highest BCUT2D eigenvalue weighted by Gasteiger charge is 2.27. The van der Waals surface area contributed by atoms with Crippen molar-refractivity contribution in [3.05, 3.63) is 30.3 Å². The minimum atomic E-state index is -0.308. The first-order valence-electron chi connectivity index (χ1n) is 10.5. The van der Waals surface area contributed by atoms with Crippen molar-refractivity contribution in [1.82, 2.24) is 14.9 Å². The van der Waals surface area contributed by atoms with Crippen LogP contribution in [0.4, 0.5) is 21.7 Å². The number of nitrogen functional groups attached to an aromatic ring is 1. The largest absolute Gasteiger partial charge is 0.397 e. The summed E-state index contributed by atoms with van der Waals surface area (Å²) in [4.78, 5) is 15.4. The average molecular weight is 415 g/mol. The minimum absolute atomic E-state index is 0.125. The van der Waals surface area contributed by atoms with Crippen LogP contribution in [0, 0.1) is 5.82 Å². The Morgan fingerprint density at radius 1 is 1.07 bits per heavy atom. The van der Waals surface area contributed by atoms with Gasteiger partial charge in [-0.25, -0.2) is 14.4 Å². The Bertz CT molecular complexity index is 880. The quantitative estimate of drug-likeness (QED) is 0.771. The number of halogens is 1. The normalized spacial score (nSPS) is 24.7. The van der Waals surface area contributed by atoms with E-state index < -0.39 is 0 Å². The molecular formula is C22H31FN6O. The summed E-state index contributed by atoms with van der Waals surface area (Å²) in [5.74, 6) is 0.329. The van der Waals surface area contributed by atoms with Gasteiger partial charge in [0.25, 0.3) is 0 Å². The standard InChI is InChI=1S/C22H31FN6O/c1-14-11-29(12-15(2)30-14)22-25-9-16(10-26-22)18-7-20(24)21(8-19(18)23)28-6-5-17(13-28)27(3)4/h7-10,14-15,17H,5-6,11-13,24H2,1-4H3. The van der Waals surface area contributed by atoms with Crippen molar-refractivity contribution in [1.29, 1.82) is 0 Å². The molecule has 0 aliphatic carbocycles. The molecule has 8 heteroatoms. The molecule has 3 unspecified atom stereocenters. The van der Waals surface area contributed by atoms with Crippen LogP contribution in [0.15, 0.2) is 24.5 Å². The highest BCUT2D eigenvalue weighted by molar-refractivity contribution is 5.77. The van der Waals surface area contributed by atoms with E-state index >= 15 is 4.39 Å². The molecule has 2 aliphatic heterocycles. The van der Waals surface area contributed by atoms with E-state index in [9.17, 15) is 0 Å². The maximum atomic E-state index is 15.0. The summed E-state index contributed by atoms with van der Waals surface area (Å²) in [7, 11) is 4.15. The number of morpholine rings is 1. The van der Waals surface area contributed by atoms with Gasteiger partial charge in [0.1, 0.15) is 5.82 Å². The van der Waals surface area contributed by atoms with Gasteiger partial charge in [0.2, 0.25) is 5.95 Å². The third-order valence-corrected chi connectivity index (χ3v) is 6.00. The van der Waals surface area contributed by atoms with Crippen molar-refractivity contribution in [3.63, 3.8) is 0 Å². The molecule has 1 aromatic heterocycles. The minimum Gasteiger partial charge on any atom is -0.397 e. The molecule has 1 aromatic carbocycles. The Balaban J connectivity index is 1.54. The van der Waals surface area contributed by atoms with E-state index in [1.165, 1.54) is 0 Å². The predicted octanol–water partition coefficient (Wildman–Crippen LogP) is 2.62. The second-order valence-corrected chi connectivity index (χ2v) is 8.68. The lowest BCUT2D eigenvalue weighted by Crippen LogP contribution is -2.46. The topological polar surface area (TPSA) is 70.8 Å². The molecule has 2 fully saturated rings. The Morgan fingerprint density at radius 3 is 2.33 bits per heavy atom. The molecule has 0 amide bonds. The van der Waals surface area contributed by atoms with Gasteiger partial charge < -0.3 is 25.2 Å². The smallest absolute Gasteiger partial charge is 0.225 e. The molecule has 2 aliphatic rings. The molecule has 30 heavy (non-hydrogen) atoms. The number of likely N-dealkylation sites (N-methyl/N-ethyl adjacent to an activating group) is 1. The highest BCUT2D eigenvalue weighted by Crippen LogP contribution is 2.34. The third-order valence-electron chi connectivity index (χ3n) is 6.00. The van der Waals surface area contributed by atoms with Gasteiger partial charge >= 0.3 is 0 Å². The molecule has 3 atom stereocenters. The van der Waals surface area contributed by atoms with Gasteiger partial charge in [-0.1, -0.05) is 0 Å². The van der Waals surface area contributed by atoms with Gasteiger partial charge in [0, 0.05) is 55.7 Å². The van der Waals surface area contributed by atoms with Crippen LogP contribution >= 0.6 is 0 Å². The number of anilines is 3. The molecule has 2 aromatic rings. The van der Waals surface area contributed by atoms with Gasteiger partial charge in [0.15, 0.2) is 0 Å². The Hall–Kier alpha value is -2.45. The molecule has 2 saturated heterocycles. The lowest BCUT2D eigenvalue weighted by Gasteiger charge is -2.35. The van der Waals surface area contributed by atoms with Crippen LogP contribution in [0.1, 0.15) is 20.3 Å². The van der Waals surface area contributed by atoms with Crippen molar-refractivity contribution in [2.75, 3.05) is 55.8 Å². The monoisotopic (exact) mass is 414 g/mol. The van der Waals surface area contributed by atoms with E-state index in [0.29, 0.717) is 28.8 Å². The molecular weight excluding hydrogens is 383 g/mol. The van der Waals surface area contributed by atoms with Crippen molar-refractivity contribution >= 4 is 17.3 Å². The average Bonchev–Trinajstić information content (AvgIpc) is 3.19. The van der Waals surface area contributed by atoms with Gasteiger partial charge in [-0.3, -0.25) is 0 Å². The fourth-order valence-corrected chi connectivity index (χ4v) is 4.42. The molecule has 0 radical (unpaired) electrons. The number of nitrogens with two attached hydrogens (primary N) is 1. The summed E-state index contributed by atoms with van der Waals surface area (Å²) in [6.07, 6.45) is 4.63. The van der Waals surface area contributed by atoms with Crippen molar-refractivity contribution in [2.45, 2.75) is 38.5 Å². The summed E-state index contributed by atoms with van der Waals surface area (Å²) < 4.78 is 20.8. The summed E-state index contributed by atoms with van der Waals surface area (Å²) >= 11 is 0. The van der Waals surface area contributed by atoms with Crippen molar-refractivity contribution in [2.24, 2.45) is 0 Å². The maximum Gasteiger partial charge on any atom is 0.225 e. The van der Waals surface area contributed by atoms with Crippen LogP contribution in [-0.4, -0.2) is 73.4 Å².